The van der Waals surface area contributed by atoms with Crippen molar-refractivity contribution in [2.45, 2.75) is 138 Å². The number of fused-ring (bicyclic) bond motifs is 15. The molecule has 0 unspecified atom stereocenters. The van der Waals surface area contributed by atoms with Crippen molar-refractivity contribution in [1.29, 1.82) is 0 Å². The molecule has 15 heterocycles. The predicted molar refractivity (Wildman–Crippen MR) is 433 cm³/mol. The molecule has 6 aliphatic heterocycles. The van der Waals surface area contributed by atoms with E-state index in [2.05, 4.69) is 130 Å². The van der Waals surface area contributed by atoms with Gasteiger partial charge < -0.3 is 56.8 Å². The quantitative estimate of drug-likeness (QED) is 0.123. The van der Waals surface area contributed by atoms with E-state index in [0.29, 0.717) is 95.1 Å². The van der Waals surface area contributed by atoms with Gasteiger partial charge in [-0.1, -0.05) is 12.1 Å². The van der Waals surface area contributed by atoms with E-state index in [4.69, 9.17) is 28.4 Å². The summed E-state index contributed by atoms with van der Waals surface area (Å²) in [6, 6.07) is 21.4. The number of carbonyl (C=O) groups is 3. The van der Waals surface area contributed by atoms with Crippen LogP contribution in [0.5, 0.6) is 17.2 Å². The molecule has 0 spiro atoms. The Bertz CT molecular complexity index is 5520. The minimum atomic E-state index is -0.552. The number of benzene rings is 3. The van der Waals surface area contributed by atoms with Crippen molar-refractivity contribution in [3.8, 4) is 115 Å². The van der Waals surface area contributed by atoms with Gasteiger partial charge in [0, 0.05) is 165 Å². The highest BCUT2D eigenvalue weighted by Gasteiger charge is 2.43. The van der Waals surface area contributed by atoms with Gasteiger partial charge in [-0.3, -0.25) is 39.3 Å². The van der Waals surface area contributed by atoms with Crippen molar-refractivity contribution in [3.63, 3.8) is 0 Å². The molecule has 26 heteroatoms. The first kappa shape index (κ1) is 75.0. The molecule has 0 N–H and O–H groups in total. The maximum absolute atomic E-state index is 14.2. The summed E-state index contributed by atoms with van der Waals surface area (Å²) in [6.07, 6.45) is 13.5. The number of amides is 3. The van der Waals surface area contributed by atoms with Crippen molar-refractivity contribution in [2.75, 3.05) is 60.8 Å². The van der Waals surface area contributed by atoms with Crippen LogP contribution in [-0.4, -0.2) is 153 Å². The second-order valence-electron chi connectivity index (χ2n) is 31.1. The number of nitrogens with zero attached hydrogens (tertiary/aromatic N) is 12. The topological polar surface area (TPSA) is 208 Å². The molecule has 0 fully saturated rings. The number of thiazole rings is 4. The molecular formula is C85H87FN12O9S4. The monoisotopic (exact) mass is 1570 g/mol. The number of ether oxygens (including phenoxy) is 6. The molecule has 9 aromatic heterocycles. The third-order valence-electron chi connectivity index (χ3n) is 21.5. The van der Waals surface area contributed by atoms with E-state index in [1.54, 1.807) is 79.2 Å². The Balaban J connectivity index is 0.000000126. The standard InChI is InChI=1S/C29H29FN4O3S.C29H30N4O3S.C27H28N4O3S2/c1-29(2,3)34-10-11-37-15-20-25(23-14-31-16-38-23)26-18-13-19(21-6-5-7-24(30)32-21)22(36-4)12-17(18)8-9-33(26)27(20)28(34)35;1-29(2,3)33-10-11-36-16-22-25(24-15-31-17-37-24)26-21-13-20(19-6-5-8-30-14-19)23(35-4)12-18(21)7-9-32(26)27(22)28(33)34;1-27(2,3)31-7-8-34-13-19-23(22-12-29-15-36-22)24-17-10-18(21-11-28-14-35-21)20(33-4)9-16(17)5-6-30(24)25(19)26(31)32/h5-7,12-14,16H,8-11,15H2,1-4H3;5-6,8,12-15,17H,7,9-11,16H2,1-4H3;9-12,14-15H,5-8,13H2,1-4H3. The molecule has 3 aromatic carbocycles. The smallest absolute Gasteiger partial charge is 0.271 e. The summed E-state index contributed by atoms with van der Waals surface area (Å²) in [5.41, 5.74) is 28.3. The van der Waals surface area contributed by atoms with Crippen molar-refractivity contribution in [1.82, 2.24) is 58.3 Å². The lowest BCUT2D eigenvalue weighted by atomic mass is 9.91. The molecule has 0 bridgehead atoms. The van der Waals surface area contributed by atoms with Crippen LogP contribution >= 0.6 is 45.3 Å². The van der Waals surface area contributed by atoms with Crippen LogP contribution in [0, 0.1) is 5.95 Å². The number of aryl methyl sites for hydroxylation is 3. The van der Waals surface area contributed by atoms with Crippen molar-refractivity contribution < 1.29 is 47.2 Å². The molecule has 0 radical (unpaired) electrons. The van der Waals surface area contributed by atoms with E-state index in [9.17, 15) is 18.8 Å². The van der Waals surface area contributed by atoms with Crippen LogP contribution in [0.4, 0.5) is 4.39 Å². The van der Waals surface area contributed by atoms with Crippen LogP contribution < -0.4 is 14.2 Å². The minimum Gasteiger partial charge on any atom is -0.496 e. The summed E-state index contributed by atoms with van der Waals surface area (Å²) in [6.45, 7) is 25.0. The van der Waals surface area contributed by atoms with Crippen LogP contribution in [0.15, 0.2) is 126 Å². The largest absolute Gasteiger partial charge is 0.496 e. The Kier molecular flexibility index (Phi) is 20.4. The summed E-state index contributed by atoms with van der Waals surface area (Å²) in [4.78, 5) is 78.3. The van der Waals surface area contributed by atoms with Gasteiger partial charge in [0.05, 0.1) is 125 Å². The van der Waals surface area contributed by atoms with Gasteiger partial charge in [-0.15, -0.1) is 45.3 Å². The number of methoxy groups -OCH3 is 3. The zero-order chi connectivity index (χ0) is 77.4. The summed E-state index contributed by atoms with van der Waals surface area (Å²) < 4.78 is 56.5. The molecule has 0 atom stereocenters. The van der Waals surface area contributed by atoms with Gasteiger partial charge in [-0.2, -0.15) is 4.39 Å². The fourth-order valence-corrected chi connectivity index (χ4v) is 19.2. The number of aromatic nitrogens is 9. The number of hydrogen-bond acceptors (Lipinski definition) is 19. The Morgan fingerprint density at radius 1 is 0.405 bits per heavy atom. The first-order chi connectivity index (χ1) is 53.5. The van der Waals surface area contributed by atoms with E-state index in [0.717, 1.165) is 158 Å². The van der Waals surface area contributed by atoms with Crippen LogP contribution in [0.1, 0.15) is 127 Å². The first-order valence-corrected chi connectivity index (χ1v) is 40.7. The molecule has 12 aromatic rings. The number of rotatable bonds is 9. The predicted octanol–water partition coefficient (Wildman–Crippen LogP) is 17.2. The third kappa shape index (κ3) is 13.8. The van der Waals surface area contributed by atoms with Gasteiger partial charge in [0.15, 0.2) is 0 Å². The second kappa shape index (κ2) is 30.2. The van der Waals surface area contributed by atoms with Gasteiger partial charge in [0.1, 0.15) is 34.3 Å². The molecular weight excluding hydrogens is 1480 g/mol. The molecule has 0 saturated heterocycles. The molecule has 111 heavy (non-hydrogen) atoms. The summed E-state index contributed by atoms with van der Waals surface area (Å²) in [7, 11) is 5.03. The SMILES string of the molecule is COc1cc2c(cc1-c1cccc(F)n1)-c1c(-c3cncs3)c3c(n1CC2)C(=O)N(C(C)(C)C)CCOC3.COc1cc2c(cc1-c1cccnc1)-c1c(-c3cncs3)c3c(n1CC2)C(=O)N(C(C)(C)C)CCOC3.COc1cc2c(cc1-c1cncs1)-c1c(-c3cncs3)c3c(n1CC2)C(=O)N(C(C)(C)C)CCOC3. The molecule has 3 amide bonds. The van der Waals surface area contributed by atoms with Gasteiger partial charge >= 0.3 is 0 Å². The zero-order valence-corrected chi connectivity index (χ0v) is 67.5. The summed E-state index contributed by atoms with van der Waals surface area (Å²) >= 11 is 6.31. The van der Waals surface area contributed by atoms with Crippen molar-refractivity contribution in [2.24, 2.45) is 0 Å². The third-order valence-corrected chi connectivity index (χ3v) is 24.7. The van der Waals surface area contributed by atoms with Crippen LogP contribution in [0.2, 0.25) is 0 Å². The Labute approximate surface area is 660 Å². The maximum atomic E-state index is 14.2. The fourth-order valence-electron chi connectivity index (χ4n) is 16.5. The molecule has 18 rings (SSSR count). The summed E-state index contributed by atoms with van der Waals surface area (Å²) in [5, 5.41) is 0. The van der Waals surface area contributed by atoms with E-state index >= 15 is 0 Å². The molecule has 0 aliphatic carbocycles. The van der Waals surface area contributed by atoms with Crippen LogP contribution in [0.3, 0.4) is 0 Å². The van der Waals surface area contributed by atoms with Crippen LogP contribution in [-0.2, 0) is 72.9 Å². The first-order valence-electron chi connectivity index (χ1n) is 37.2. The Hall–Kier alpha value is -10.1. The summed E-state index contributed by atoms with van der Waals surface area (Å²) in [5.74, 6) is 1.89. The highest BCUT2D eigenvalue weighted by molar-refractivity contribution is 7.14. The highest BCUT2D eigenvalue weighted by Crippen LogP contribution is 2.53. The fraction of sp³-hybridized carbons (Fsp3) is 0.353. The zero-order valence-electron chi connectivity index (χ0n) is 64.3. The van der Waals surface area contributed by atoms with E-state index in [1.807, 2.05) is 86.5 Å². The lowest BCUT2D eigenvalue weighted by Gasteiger charge is -2.37. The lowest BCUT2D eigenvalue weighted by molar-refractivity contribution is 0.0331. The molecule has 0 saturated carbocycles. The van der Waals surface area contributed by atoms with Gasteiger partial charge in [-0.25, -0.2) is 4.98 Å². The normalized spacial score (nSPS) is 15.5. The van der Waals surface area contributed by atoms with Gasteiger partial charge in [-0.05, 0) is 153 Å². The van der Waals surface area contributed by atoms with E-state index in [1.165, 1.54) is 28.5 Å². The van der Waals surface area contributed by atoms with Crippen molar-refractivity contribution >= 4 is 63.1 Å². The van der Waals surface area contributed by atoms with Gasteiger partial charge in [0.2, 0.25) is 5.95 Å². The number of halogens is 1. The van der Waals surface area contributed by atoms with E-state index < -0.39 is 5.95 Å². The van der Waals surface area contributed by atoms with E-state index in [-0.39, 0.29) is 34.3 Å². The number of hydrogen-bond donors (Lipinski definition) is 0. The molecule has 572 valence electrons. The van der Waals surface area contributed by atoms with Crippen molar-refractivity contribution in [3.05, 3.63) is 182 Å². The highest BCUT2D eigenvalue weighted by atomic mass is 32.1. The Morgan fingerprint density at radius 2 is 0.775 bits per heavy atom. The Morgan fingerprint density at radius 3 is 1.13 bits per heavy atom. The minimum absolute atomic E-state index is 0.0109. The van der Waals surface area contributed by atoms with Gasteiger partial charge in [0.25, 0.3) is 17.7 Å². The second-order valence-corrected chi connectivity index (χ2v) is 34.6. The number of carbonyl (C=O) groups excluding carboxylic acids is 3. The maximum Gasteiger partial charge on any atom is 0.271 e. The lowest BCUT2D eigenvalue weighted by Crippen LogP contribution is -2.49. The molecule has 21 nitrogen and oxygen atoms in total. The average Bonchev–Trinajstić information content (AvgIpc) is 1.58. The molecule has 6 aliphatic rings. The number of pyridine rings is 2. The van der Waals surface area contributed by atoms with Crippen LogP contribution in [0.25, 0.3) is 97.9 Å². The average molecular weight is 1570 g/mol.